The fourth-order valence-corrected chi connectivity index (χ4v) is 3.63. The summed E-state index contributed by atoms with van der Waals surface area (Å²) >= 11 is 0. The molecule has 0 saturated heterocycles. The Hall–Kier alpha value is -3.76. The second-order valence-electron chi connectivity index (χ2n) is 7.42. The van der Waals surface area contributed by atoms with Gasteiger partial charge in [-0.15, -0.1) is 0 Å². The first-order valence-electron chi connectivity index (χ1n) is 10.2. The average molecular weight is 430 g/mol. The molecule has 0 aliphatic heterocycles. The van der Waals surface area contributed by atoms with Crippen LogP contribution in [-0.4, -0.2) is 42.6 Å². The molecule has 32 heavy (non-hydrogen) atoms. The van der Waals surface area contributed by atoms with Gasteiger partial charge in [0.1, 0.15) is 5.82 Å². The molecule has 5 N–H and O–H groups in total. The normalized spacial score (nSPS) is 11.0. The van der Waals surface area contributed by atoms with Gasteiger partial charge in [-0.1, -0.05) is 37.3 Å². The third-order valence-corrected chi connectivity index (χ3v) is 5.18. The fourth-order valence-electron chi connectivity index (χ4n) is 3.63. The summed E-state index contributed by atoms with van der Waals surface area (Å²) < 4.78 is 1.87. The number of amides is 1. The van der Waals surface area contributed by atoms with Crippen molar-refractivity contribution in [3.05, 3.63) is 71.2 Å². The number of aromatic nitrogens is 4. The molecule has 10 heteroatoms. The lowest BCUT2D eigenvalue weighted by Gasteiger charge is -2.12. The number of hydrogen-bond acceptors (Lipinski definition) is 7. The Bertz CT molecular complexity index is 1300. The van der Waals surface area contributed by atoms with Crippen LogP contribution in [0.5, 0.6) is 0 Å². The maximum absolute atomic E-state index is 11.8. The molecule has 0 fully saturated rings. The molecule has 0 bridgehead atoms. The van der Waals surface area contributed by atoms with E-state index in [1.807, 2.05) is 36.6 Å². The fraction of sp³-hybridized carbons (Fsp3) is 0.182. The van der Waals surface area contributed by atoms with Gasteiger partial charge in [0.2, 0.25) is 17.8 Å². The molecule has 9 nitrogen and oxygen atoms in total. The molecule has 0 saturated carbocycles. The van der Waals surface area contributed by atoms with Crippen LogP contribution in [0.1, 0.15) is 34.4 Å². The Morgan fingerprint density at radius 3 is 2.62 bits per heavy atom. The second-order valence-corrected chi connectivity index (χ2v) is 7.42. The molecule has 4 aromatic rings. The molecule has 2 aromatic carbocycles. The van der Waals surface area contributed by atoms with E-state index in [4.69, 9.17) is 5.73 Å². The number of nitrogens with zero attached hydrogens (tertiary/aromatic N) is 4. The summed E-state index contributed by atoms with van der Waals surface area (Å²) in [5.74, 6) is 0.960. The van der Waals surface area contributed by atoms with Gasteiger partial charge in [-0.3, -0.25) is 9.36 Å². The first-order valence-corrected chi connectivity index (χ1v) is 10.2. The molecule has 162 valence electrons. The van der Waals surface area contributed by atoms with Crippen molar-refractivity contribution in [1.82, 2.24) is 19.5 Å². The number of nitrogens with one attached hydrogen (secondary N) is 1. The minimum absolute atomic E-state index is 0.393. The Kier molecular flexibility index (Phi) is 5.89. The Morgan fingerprint density at radius 2 is 1.91 bits per heavy atom. The smallest absolute Gasteiger partial charge is 0.423 e. The molecule has 0 atom stereocenters. The van der Waals surface area contributed by atoms with E-state index in [1.54, 1.807) is 30.3 Å². The molecule has 0 aliphatic carbocycles. The van der Waals surface area contributed by atoms with Crippen molar-refractivity contribution in [3.63, 3.8) is 0 Å². The van der Waals surface area contributed by atoms with Crippen LogP contribution in [0.2, 0.25) is 0 Å². The number of benzene rings is 2. The third kappa shape index (κ3) is 4.18. The van der Waals surface area contributed by atoms with Crippen molar-refractivity contribution in [2.24, 2.45) is 5.73 Å². The van der Waals surface area contributed by atoms with E-state index in [-0.39, 0.29) is 0 Å². The van der Waals surface area contributed by atoms with Crippen LogP contribution in [0.25, 0.3) is 16.9 Å². The van der Waals surface area contributed by atoms with Gasteiger partial charge in [-0.2, -0.15) is 15.0 Å². The Labute approximate surface area is 185 Å². The van der Waals surface area contributed by atoms with Gasteiger partial charge < -0.3 is 21.1 Å². The molecular formula is C22H23BN6O3. The predicted molar refractivity (Wildman–Crippen MR) is 123 cm³/mol. The van der Waals surface area contributed by atoms with Crippen LogP contribution in [0.3, 0.4) is 0 Å². The van der Waals surface area contributed by atoms with Crippen LogP contribution in [0, 0.1) is 6.92 Å². The van der Waals surface area contributed by atoms with E-state index in [0.717, 1.165) is 22.2 Å². The van der Waals surface area contributed by atoms with E-state index in [9.17, 15) is 14.8 Å². The van der Waals surface area contributed by atoms with Gasteiger partial charge >= 0.3 is 7.12 Å². The van der Waals surface area contributed by atoms with Crippen molar-refractivity contribution >= 4 is 35.3 Å². The number of carbonyl (C=O) groups is 1. The first-order chi connectivity index (χ1) is 15.4. The Morgan fingerprint density at radius 1 is 1.12 bits per heavy atom. The van der Waals surface area contributed by atoms with Gasteiger partial charge in [-0.25, -0.2) is 0 Å². The standard InChI is InChI=1S/C22H23BN6O3/c1-3-19-26-21(25-12-14-6-4-7-15(11-14)23(31)32)28-22(27-19)29-13(2)10-17-16(20(24)30)8-5-9-18(17)29/h4-11,31-32H,3,12H2,1-2H3,(H2,24,30)(H,25,26,27,28). The zero-order valence-corrected chi connectivity index (χ0v) is 17.8. The third-order valence-electron chi connectivity index (χ3n) is 5.18. The maximum Gasteiger partial charge on any atom is 0.488 e. The number of nitrogens with two attached hydrogens (primary N) is 1. The van der Waals surface area contributed by atoms with E-state index in [2.05, 4.69) is 20.3 Å². The summed E-state index contributed by atoms with van der Waals surface area (Å²) in [6.07, 6.45) is 0.612. The van der Waals surface area contributed by atoms with Gasteiger partial charge in [0.05, 0.1) is 5.52 Å². The predicted octanol–water partition coefficient (Wildman–Crippen LogP) is 1.08. The van der Waals surface area contributed by atoms with Gasteiger partial charge in [-0.05, 0) is 36.1 Å². The van der Waals surface area contributed by atoms with Crippen LogP contribution in [-0.2, 0) is 13.0 Å². The molecule has 2 aromatic heterocycles. The van der Waals surface area contributed by atoms with Crippen molar-refractivity contribution in [2.45, 2.75) is 26.8 Å². The average Bonchev–Trinajstić information content (AvgIpc) is 3.13. The second kappa shape index (κ2) is 8.78. The minimum atomic E-state index is -1.53. The van der Waals surface area contributed by atoms with Crippen molar-refractivity contribution < 1.29 is 14.8 Å². The lowest BCUT2D eigenvalue weighted by Crippen LogP contribution is -2.30. The van der Waals surface area contributed by atoms with Crippen LogP contribution in [0.4, 0.5) is 5.95 Å². The summed E-state index contributed by atoms with van der Waals surface area (Å²) in [5.41, 5.74) is 8.89. The van der Waals surface area contributed by atoms with E-state index < -0.39 is 13.0 Å². The monoisotopic (exact) mass is 430 g/mol. The summed E-state index contributed by atoms with van der Waals surface area (Å²) in [5, 5.41) is 22.7. The molecule has 1 amide bonds. The van der Waals surface area contributed by atoms with Crippen molar-refractivity contribution in [3.8, 4) is 5.95 Å². The molecule has 0 unspecified atom stereocenters. The SMILES string of the molecule is CCc1nc(NCc2cccc(B(O)O)c2)nc(-n2c(C)cc3c(C(N)=O)cccc32)n1. The van der Waals surface area contributed by atoms with Gasteiger partial charge in [0.25, 0.3) is 0 Å². The summed E-state index contributed by atoms with van der Waals surface area (Å²) in [7, 11) is -1.53. The van der Waals surface area contributed by atoms with E-state index >= 15 is 0 Å². The van der Waals surface area contributed by atoms with Crippen LogP contribution in [0.15, 0.2) is 48.5 Å². The largest absolute Gasteiger partial charge is 0.488 e. The van der Waals surface area contributed by atoms with E-state index in [1.165, 1.54) is 0 Å². The number of rotatable bonds is 7. The van der Waals surface area contributed by atoms with Crippen molar-refractivity contribution in [2.75, 3.05) is 5.32 Å². The highest BCUT2D eigenvalue weighted by Gasteiger charge is 2.17. The highest BCUT2D eigenvalue weighted by Crippen LogP contribution is 2.26. The number of primary amides is 1. The van der Waals surface area contributed by atoms with Crippen LogP contribution < -0.4 is 16.5 Å². The number of hydrogen-bond donors (Lipinski definition) is 4. The number of carbonyl (C=O) groups excluding carboxylic acids is 1. The molecule has 0 aliphatic rings. The molecule has 0 spiro atoms. The zero-order valence-electron chi connectivity index (χ0n) is 17.8. The van der Waals surface area contributed by atoms with Crippen LogP contribution >= 0.6 is 0 Å². The summed E-state index contributed by atoms with van der Waals surface area (Å²) in [6, 6.07) is 14.2. The van der Waals surface area contributed by atoms with Gasteiger partial charge in [0.15, 0.2) is 0 Å². The van der Waals surface area contributed by atoms with Crippen molar-refractivity contribution in [1.29, 1.82) is 0 Å². The number of aryl methyl sites for hydroxylation is 2. The number of fused-ring (bicyclic) bond motifs is 1. The molecule has 0 radical (unpaired) electrons. The quantitative estimate of drug-likeness (QED) is 0.322. The minimum Gasteiger partial charge on any atom is -0.423 e. The summed E-state index contributed by atoms with van der Waals surface area (Å²) in [4.78, 5) is 25.5. The number of anilines is 1. The lowest BCUT2D eigenvalue weighted by atomic mass is 9.80. The van der Waals surface area contributed by atoms with Gasteiger partial charge in [0, 0.05) is 29.6 Å². The van der Waals surface area contributed by atoms with E-state index in [0.29, 0.717) is 41.7 Å². The molecule has 2 heterocycles. The summed E-state index contributed by atoms with van der Waals surface area (Å²) in [6.45, 7) is 4.27. The zero-order chi connectivity index (χ0) is 22.8. The topological polar surface area (TPSA) is 139 Å². The Balaban J connectivity index is 1.72. The molecule has 4 rings (SSSR count). The lowest BCUT2D eigenvalue weighted by molar-refractivity contribution is 0.100. The first kappa shape index (κ1) is 21.5. The maximum atomic E-state index is 11.8. The highest BCUT2D eigenvalue weighted by molar-refractivity contribution is 6.58. The molecular weight excluding hydrogens is 407 g/mol. The highest BCUT2D eigenvalue weighted by atomic mass is 16.4.